The third-order valence-corrected chi connectivity index (χ3v) is 2.23. The lowest BCUT2D eigenvalue weighted by Gasteiger charge is -2.02. The van der Waals surface area contributed by atoms with E-state index >= 15 is 0 Å². The first kappa shape index (κ1) is 13.6. The van der Waals surface area contributed by atoms with Crippen LogP contribution in [-0.4, -0.2) is 22.1 Å². The van der Waals surface area contributed by atoms with Crippen LogP contribution < -0.4 is 10.7 Å². The van der Waals surface area contributed by atoms with E-state index in [1.165, 1.54) is 31.6 Å². The maximum absolute atomic E-state index is 12.7. The Hall–Kier alpha value is -2.83. The number of hydrogen-bond acceptors (Lipinski definition) is 5. The minimum atomic E-state index is -0.300. The van der Waals surface area contributed by atoms with Crippen LogP contribution in [0.15, 0.2) is 41.8 Å². The van der Waals surface area contributed by atoms with Crippen molar-refractivity contribution in [2.24, 2.45) is 5.10 Å². The second-order valence-electron chi connectivity index (χ2n) is 3.89. The maximum atomic E-state index is 12.7. The van der Waals surface area contributed by atoms with Gasteiger partial charge in [0.1, 0.15) is 18.0 Å². The molecule has 1 aromatic heterocycles. The quantitative estimate of drug-likeness (QED) is 0.659. The van der Waals surface area contributed by atoms with Gasteiger partial charge >= 0.3 is 0 Å². The average Bonchev–Trinajstić information content (AvgIpc) is 2.41. The minimum Gasteiger partial charge on any atom is -0.311 e. The van der Waals surface area contributed by atoms with Crippen LogP contribution >= 0.6 is 0 Å². The van der Waals surface area contributed by atoms with E-state index in [0.29, 0.717) is 11.6 Å². The Bertz CT molecular complexity index is 627. The third-order valence-electron chi connectivity index (χ3n) is 2.23. The van der Waals surface area contributed by atoms with Gasteiger partial charge in [-0.2, -0.15) is 5.10 Å². The molecule has 1 amide bonds. The summed E-state index contributed by atoms with van der Waals surface area (Å²) in [4.78, 5) is 18.7. The number of hydrogen-bond donors (Lipinski definition) is 2. The van der Waals surface area contributed by atoms with E-state index in [-0.39, 0.29) is 11.7 Å². The summed E-state index contributed by atoms with van der Waals surface area (Å²) in [7, 11) is 0. The minimum absolute atomic E-state index is 0.218. The molecule has 2 aromatic rings. The zero-order chi connectivity index (χ0) is 14.4. The number of anilines is 2. The van der Waals surface area contributed by atoms with E-state index in [1.807, 2.05) is 0 Å². The van der Waals surface area contributed by atoms with Gasteiger partial charge in [0, 0.05) is 13.0 Å². The number of nitrogens with zero attached hydrogens (tertiary/aromatic N) is 3. The fourth-order valence-electron chi connectivity index (χ4n) is 1.39. The number of carbonyl (C=O) groups excluding carboxylic acids is 1. The Morgan fingerprint density at radius 2 is 1.95 bits per heavy atom. The van der Waals surface area contributed by atoms with E-state index < -0.39 is 0 Å². The maximum Gasteiger partial charge on any atom is 0.222 e. The van der Waals surface area contributed by atoms with Gasteiger partial charge in [0.2, 0.25) is 5.91 Å². The van der Waals surface area contributed by atoms with Crippen LogP contribution in [0.5, 0.6) is 0 Å². The summed E-state index contributed by atoms with van der Waals surface area (Å²) in [6, 6.07) is 7.44. The van der Waals surface area contributed by atoms with Crippen LogP contribution in [0, 0.1) is 5.82 Å². The molecule has 0 saturated heterocycles. The number of halogens is 1. The predicted octanol–water partition coefficient (Wildman–Crippen LogP) is 2.02. The molecule has 1 heterocycles. The molecule has 0 atom stereocenters. The zero-order valence-corrected chi connectivity index (χ0v) is 10.7. The standard InChI is InChI=1S/C13H12FN5O/c1-9(20)18-12-6-13(16-8-15-12)19-17-7-10-2-4-11(14)5-3-10/h2-8H,1H3,(H2,15,16,18,19,20). The lowest BCUT2D eigenvalue weighted by atomic mass is 10.2. The van der Waals surface area contributed by atoms with E-state index in [2.05, 4.69) is 25.8 Å². The van der Waals surface area contributed by atoms with E-state index in [9.17, 15) is 9.18 Å². The number of benzene rings is 1. The van der Waals surface area contributed by atoms with Gasteiger partial charge in [-0.15, -0.1) is 0 Å². The van der Waals surface area contributed by atoms with Gasteiger partial charge in [0.15, 0.2) is 5.82 Å². The summed E-state index contributed by atoms with van der Waals surface area (Å²) in [5.41, 5.74) is 3.44. The van der Waals surface area contributed by atoms with E-state index in [1.54, 1.807) is 18.2 Å². The first-order chi connectivity index (χ1) is 9.63. The van der Waals surface area contributed by atoms with Crippen LogP contribution in [0.1, 0.15) is 12.5 Å². The Balaban J connectivity index is 1.99. The highest BCUT2D eigenvalue weighted by atomic mass is 19.1. The summed E-state index contributed by atoms with van der Waals surface area (Å²) in [6.45, 7) is 1.39. The lowest BCUT2D eigenvalue weighted by molar-refractivity contribution is -0.114. The molecule has 20 heavy (non-hydrogen) atoms. The van der Waals surface area contributed by atoms with E-state index in [0.717, 1.165) is 5.56 Å². The van der Waals surface area contributed by atoms with Gasteiger partial charge in [-0.05, 0) is 17.7 Å². The highest BCUT2D eigenvalue weighted by molar-refractivity contribution is 5.87. The predicted molar refractivity (Wildman–Crippen MR) is 74.0 cm³/mol. The molecule has 0 fully saturated rings. The highest BCUT2D eigenvalue weighted by Gasteiger charge is 1.99. The Kier molecular flexibility index (Phi) is 4.33. The zero-order valence-electron chi connectivity index (χ0n) is 10.7. The molecule has 7 heteroatoms. The van der Waals surface area contributed by atoms with Crippen molar-refractivity contribution < 1.29 is 9.18 Å². The Labute approximate surface area is 114 Å². The number of carbonyl (C=O) groups is 1. The summed E-state index contributed by atoms with van der Waals surface area (Å²) in [5.74, 6) is 0.296. The van der Waals surface area contributed by atoms with Crippen molar-refractivity contribution in [3.05, 3.63) is 48.0 Å². The first-order valence-corrected chi connectivity index (χ1v) is 5.78. The van der Waals surface area contributed by atoms with Gasteiger partial charge in [-0.3, -0.25) is 10.2 Å². The third kappa shape index (κ3) is 4.13. The summed E-state index contributed by atoms with van der Waals surface area (Å²) < 4.78 is 12.7. The van der Waals surface area contributed by atoms with Crippen molar-refractivity contribution in [3.8, 4) is 0 Å². The number of hydrazone groups is 1. The topological polar surface area (TPSA) is 79.3 Å². The molecular weight excluding hydrogens is 261 g/mol. The molecule has 0 saturated carbocycles. The molecule has 0 radical (unpaired) electrons. The Morgan fingerprint density at radius 1 is 1.25 bits per heavy atom. The number of nitrogens with one attached hydrogen (secondary N) is 2. The van der Waals surface area contributed by atoms with Crippen LogP contribution in [0.2, 0.25) is 0 Å². The van der Waals surface area contributed by atoms with Crippen LogP contribution in [-0.2, 0) is 4.79 Å². The van der Waals surface area contributed by atoms with Crippen molar-refractivity contribution in [2.45, 2.75) is 6.92 Å². The number of rotatable bonds is 4. The fourth-order valence-corrected chi connectivity index (χ4v) is 1.39. The molecule has 0 spiro atoms. The van der Waals surface area contributed by atoms with Crippen LogP contribution in [0.4, 0.5) is 16.0 Å². The largest absolute Gasteiger partial charge is 0.311 e. The van der Waals surface area contributed by atoms with Crippen LogP contribution in [0.25, 0.3) is 0 Å². The van der Waals surface area contributed by atoms with Crippen molar-refractivity contribution in [3.63, 3.8) is 0 Å². The normalized spacial score (nSPS) is 10.5. The van der Waals surface area contributed by atoms with E-state index in [4.69, 9.17) is 0 Å². The van der Waals surface area contributed by atoms with Crippen LogP contribution in [0.3, 0.4) is 0 Å². The van der Waals surface area contributed by atoms with Crippen molar-refractivity contribution in [2.75, 3.05) is 10.7 Å². The van der Waals surface area contributed by atoms with Gasteiger partial charge in [-0.1, -0.05) is 12.1 Å². The molecule has 0 aliphatic rings. The molecule has 2 N–H and O–H groups in total. The highest BCUT2D eigenvalue weighted by Crippen LogP contribution is 2.08. The molecule has 102 valence electrons. The Morgan fingerprint density at radius 3 is 2.65 bits per heavy atom. The number of amides is 1. The molecule has 1 aromatic carbocycles. The first-order valence-electron chi connectivity index (χ1n) is 5.78. The second kappa shape index (κ2) is 6.37. The van der Waals surface area contributed by atoms with Crippen molar-refractivity contribution in [1.82, 2.24) is 9.97 Å². The number of aromatic nitrogens is 2. The molecule has 6 nitrogen and oxygen atoms in total. The smallest absolute Gasteiger partial charge is 0.222 e. The summed E-state index contributed by atoms with van der Waals surface area (Å²) in [6.07, 6.45) is 2.83. The van der Waals surface area contributed by atoms with Gasteiger partial charge in [-0.25, -0.2) is 14.4 Å². The summed E-state index contributed by atoms with van der Waals surface area (Å²) >= 11 is 0. The molecule has 0 bridgehead atoms. The molecule has 0 unspecified atom stereocenters. The van der Waals surface area contributed by atoms with Gasteiger partial charge in [0.25, 0.3) is 0 Å². The molecule has 2 rings (SSSR count). The summed E-state index contributed by atoms with van der Waals surface area (Å²) in [5, 5.41) is 6.50. The SMILES string of the molecule is CC(=O)Nc1cc(NN=Cc2ccc(F)cc2)ncn1. The van der Waals surface area contributed by atoms with Crippen molar-refractivity contribution in [1.29, 1.82) is 0 Å². The second-order valence-corrected chi connectivity index (χ2v) is 3.89. The monoisotopic (exact) mass is 273 g/mol. The van der Waals surface area contributed by atoms with Crippen molar-refractivity contribution >= 4 is 23.8 Å². The van der Waals surface area contributed by atoms with Gasteiger partial charge in [0.05, 0.1) is 6.21 Å². The average molecular weight is 273 g/mol. The van der Waals surface area contributed by atoms with Gasteiger partial charge < -0.3 is 5.32 Å². The molecule has 0 aliphatic carbocycles. The lowest BCUT2D eigenvalue weighted by Crippen LogP contribution is -2.08. The molecular formula is C13H12FN5O. The molecule has 0 aliphatic heterocycles. The fraction of sp³-hybridized carbons (Fsp3) is 0.0769.